The number of benzene rings is 2. The summed E-state index contributed by atoms with van der Waals surface area (Å²) in [6.07, 6.45) is 5.03. The molecule has 0 heterocycles. The molecule has 2 aromatic carbocycles. The fourth-order valence-electron chi connectivity index (χ4n) is 4.25. The van der Waals surface area contributed by atoms with Crippen molar-refractivity contribution in [1.82, 2.24) is 4.90 Å². The second-order valence-electron chi connectivity index (χ2n) is 8.10. The van der Waals surface area contributed by atoms with Crippen LogP contribution in [0.2, 0.25) is 10.0 Å². The minimum Gasteiger partial charge on any atom is -0.299 e. The molecule has 1 fully saturated rings. The molecule has 0 radical (unpaired) electrons. The van der Waals surface area contributed by atoms with E-state index in [0.717, 1.165) is 37.8 Å². The van der Waals surface area contributed by atoms with Gasteiger partial charge in [0.1, 0.15) is 0 Å². The van der Waals surface area contributed by atoms with Gasteiger partial charge in [-0.2, -0.15) is 5.26 Å². The first-order chi connectivity index (χ1) is 13.5. The first-order valence-electron chi connectivity index (χ1n) is 10.1. The largest absolute Gasteiger partial charge is 0.299 e. The maximum Gasteiger partial charge on any atom is 0.0879 e. The maximum absolute atomic E-state index is 10.3. The molecule has 0 bridgehead atoms. The number of nitrogens with zero attached hydrogens (tertiary/aromatic N) is 2. The smallest absolute Gasteiger partial charge is 0.0879 e. The van der Waals surface area contributed by atoms with E-state index < -0.39 is 5.41 Å². The van der Waals surface area contributed by atoms with Crippen molar-refractivity contribution < 1.29 is 0 Å². The average molecular weight is 415 g/mol. The zero-order chi connectivity index (χ0) is 20.1. The maximum atomic E-state index is 10.3. The van der Waals surface area contributed by atoms with E-state index in [1.807, 2.05) is 24.3 Å². The molecule has 1 aliphatic rings. The highest BCUT2D eigenvalue weighted by Crippen LogP contribution is 2.51. The molecule has 2 atom stereocenters. The third-order valence-corrected chi connectivity index (χ3v) is 7.02. The molecular weight excluding hydrogens is 387 g/mol. The van der Waals surface area contributed by atoms with Crippen molar-refractivity contribution in [2.75, 3.05) is 7.05 Å². The summed E-state index contributed by atoms with van der Waals surface area (Å²) in [5, 5.41) is 11.6. The fraction of sp³-hybridized carbons (Fsp3) is 0.458. The van der Waals surface area contributed by atoms with Crippen LogP contribution in [-0.2, 0) is 12.0 Å². The quantitative estimate of drug-likeness (QED) is 0.471. The lowest BCUT2D eigenvalue weighted by Crippen LogP contribution is -2.40. The highest BCUT2D eigenvalue weighted by Gasteiger charge is 2.46. The highest BCUT2D eigenvalue weighted by atomic mass is 35.5. The van der Waals surface area contributed by atoms with Gasteiger partial charge in [-0.1, -0.05) is 66.0 Å². The zero-order valence-electron chi connectivity index (χ0n) is 16.7. The van der Waals surface area contributed by atoms with Crippen LogP contribution in [0.3, 0.4) is 0 Å². The van der Waals surface area contributed by atoms with E-state index in [1.165, 1.54) is 12.0 Å². The summed E-state index contributed by atoms with van der Waals surface area (Å²) >= 11 is 13.1. The Kier molecular flexibility index (Phi) is 7.05. The van der Waals surface area contributed by atoms with Crippen LogP contribution in [0, 0.1) is 17.2 Å². The molecule has 148 valence electrons. The van der Waals surface area contributed by atoms with Crippen LogP contribution in [0.5, 0.6) is 0 Å². The van der Waals surface area contributed by atoms with Crippen molar-refractivity contribution in [1.29, 1.82) is 5.26 Å². The van der Waals surface area contributed by atoms with Crippen LogP contribution in [0.1, 0.15) is 50.2 Å². The van der Waals surface area contributed by atoms with Gasteiger partial charge in [0.25, 0.3) is 0 Å². The van der Waals surface area contributed by atoms with E-state index in [9.17, 15) is 5.26 Å². The summed E-state index contributed by atoms with van der Waals surface area (Å²) < 4.78 is 0. The normalized spacial score (nSPS) is 17.6. The summed E-state index contributed by atoms with van der Waals surface area (Å²) in [4.78, 5) is 2.35. The van der Waals surface area contributed by atoms with Gasteiger partial charge in [-0.15, -0.1) is 0 Å². The number of nitriles is 1. The van der Waals surface area contributed by atoms with Crippen molar-refractivity contribution in [3.05, 3.63) is 69.7 Å². The third-order valence-electron chi connectivity index (χ3n) is 6.39. The second-order valence-corrected chi connectivity index (χ2v) is 8.91. The van der Waals surface area contributed by atoms with E-state index >= 15 is 0 Å². The molecule has 2 aromatic rings. The molecule has 0 spiro atoms. The Balaban J connectivity index is 1.78. The number of hydrogen-bond donors (Lipinski definition) is 0. The van der Waals surface area contributed by atoms with Crippen molar-refractivity contribution in [2.45, 2.75) is 57.0 Å². The van der Waals surface area contributed by atoms with E-state index in [0.29, 0.717) is 22.0 Å². The Hall–Kier alpha value is -1.53. The van der Waals surface area contributed by atoms with Crippen LogP contribution in [0.15, 0.2) is 48.5 Å². The number of rotatable bonds is 8. The van der Waals surface area contributed by atoms with Gasteiger partial charge in [-0.05, 0) is 63.3 Å². The number of hydrogen-bond acceptors (Lipinski definition) is 2. The van der Waals surface area contributed by atoms with Gasteiger partial charge in [0.15, 0.2) is 0 Å². The predicted molar refractivity (Wildman–Crippen MR) is 118 cm³/mol. The Morgan fingerprint density at radius 3 is 2.29 bits per heavy atom. The molecule has 28 heavy (non-hydrogen) atoms. The molecule has 0 N–H and O–H groups in total. The fourth-order valence-corrected chi connectivity index (χ4v) is 4.98. The predicted octanol–water partition coefficient (Wildman–Crippen LogP) is 6.86. The summed E-state index contributed by atoms with van der Waals surface area (Å²) in [5.41, 5.74) is 1.54. The lowest BCUT2D eigenvalue weighted by molar-refractivity contribution is 0.169. The SMILES string of the molecule is CC(CCC(C#N)(c1c(Cl)cccc1Cl)C1CCC1)N(C)Cc1ccccc1. The second kappa shape index (κ2) is 9.31. The summed E-state index contributed by atoms with van der Waals surface area (Å²) in [5.74, 6) is 0.335. The number of halogens is 2. The molecule has 3 rings (SSSR count). The zero-order valence-corrected chi connectivity index (χ0v) is 18.2. The van der Waals surface area contributed by atoms with Gasteiger partial charge < -0.3 is 0 Å². The molecule has 1 aliphatic carbocycles. The van der Waals surface area contributed by atoms with Gasteiger partial charge in [-0.3, -0.25) is 4.90 Å². The molecule has 0 amide bonds. The lowest BCUT2D eigenvalue weighted by atomic mass is 9.60. The van der Waals surface area contributed by atoms with Crippen molar-refractivity contribution in [3.8, 4) is 6.07 Å². The van der Waals surface area contributed by atoms with Crippen molar-refractivity contribution in [2.24, 2.45) is 5.92 Å². The van der Waals surface area contributed by atoms with Crippen molar-refractivity contribution in [3.63, 3.8) is 0 Å². The lowest BCUT2D eigenvalue weighted by Gasteiger charge is -2.42. The van der Waals surface area contributed by atoms with Gasteiger partial charge in [0.05, 0.1) is 11.5 Å². The molecular formula is C24H28Cl2N2. The molecule has 2 nitrogen and oxygen atoms in total. The summed E-state index contributed by atoms with van der Waals surface area (Å²) in [7, 11) is 2.15. The Labute approximate surface area is 179 Å². The minimum absolute atomic E-state index is 0.335. The Morgan fingerprint density at radius 1 is 1.11 bits per heavy atom. The third kappa shape index (κ3) is 4.38. The van der Waals surface area contributed by atoms with E-state index in [1.54, 1.807) is 0 Å². The Morgan fingerprint density at radius 2 is 1.75 bits per heavy atom. The van der Waals surface area contributed by atoms with Crippen LogP contribution < -0.4 is 0 Å². The monoisotopic (exact) mass is 414 g/mol. The minimum atomic E-state index is -0.602. The highest BCUT2D eigenvalue weighted by molar-refractivity contribution is 6.36. The molecule has 4 heteroatoms. The van der Waals surface area contributed by atoms with Crippen LogP contribution >= 0.6 is 23.2 Å². The van der Waals surface area contributed by atoms with Crippen molar-refractivity contribution >= 4 is 23.2 Å². The van der Waals surface area contributed by atoms with Crippen LogP contribution in [0.4, 0.5) is 0 Å². The van der Waals surface area contributed by atoms with E-state index in [2.05, 4.69) is 49.2 Å². The summed E-state index contributed by atoms with van der Waals surface area (Å²) in [6.45, 7) is 3.14. The molecule has 1 saturated carbocycles. The van der Waals surface area contributed by atoms with E-state index in [4.69, 9.17) is 23.2 Å². The molecule has 0 saturated heterocycles. The first kappa shape index (κ1) is 21.2. The molecule has 2 unspecified atom stereocenters. The first-order valence-corrected chi connectivity index (χ1v) is 10.8. The van der Waals surface area contributed by atoms with Gasteiger partial charge in [0, 0.05) is 28.2 Å². The Bertz CT molecular complexity index is 806. The van der Waals surface area contributed by atoms with Gasteiger partial charge in [0.2, 0.25) is 0 Å². The summed E-state index contributed by atoms with van der Waals surface area (Å²) in [6, 6.07) is 19.1. The average Bonchev–Trinajstić information content (AvgIpc) is 2.64. The van der Waals surface area contributed by atoms with E-state index in [-0.39, 0.29) is 0 Å². The van der Waals surface area contributed by atoms with Gasteiger partial charge >= 0.3 is 0 Å². The molecule has 0 aromatic heterocycles. The van der Waals surface area contributed by atoms with Gasteiger partial charge in [-0.25, -0.2) is 0 Å². The topological polar surface area (TPSA) is 27.0 Å². The molecule has 0 aliphatic heterocycles. The van der Waals surface area contributed by atoms with Crippen LogP contribution in [-0.4, -0.2) is 18.0 Å². The standard InChI is InChI=1S/C24H28Cl2N2/c1-18(28(2)16-19-8-4-3-5-9-19)14-15-24(17-27,20-10-6-11-20)23-21(25)12-7-13-22(23)26/h3-5,7-9,12-13,18,20H,6,10-11,14-16H2,1-2H3. The van der Waals surface area contributed by atoms with Crippen LogP contribution in [0.25, 0.3) is 0 Å².